The summed E-state index contributed by atoms with van der Waals surface area (Å²) in [5, 5.41) is 14.5. The highest BCUT2D eigenvalue weighted by Gasteiger charge is 2.24. The van der Waals surface area contributed by atoms with Crippen molar-refractivity contribution in [2.75, 3.05) is 13.1 Å². The molecule has 0 radical (unpaired) electrons. The van der Waals surface area contributed by atoms with E-state index in [2.05, 4.69) is 34.5 Å². The molecule has 1 aromatic rings. The molecule has 1 fully saturated rings. The van der Waals surface area contributed by atoms with Crippen LogP contribution in [0.2, 0.25) is 0 Å². The minimum absolute atomic E-state index is 0.429. The summed E-state index contributed by atoms with van der Waals surface area (Å²) in [6.45, 7) is 5.22. The Labute approximate surface area is 100 Å². The summed E-state index contributed by atoms with van der Waals surface area (Å²) in [4.78, 5) is 3.87. The largest absolute Gasteiger partial charge is 0.411 e. The van der Waals surface area contributed by atoms with Crippen LogP contribution in [0.15, 0.2) is 22.7 Å². The fourth-order valence-corrected chi connectivity index (χ4v) is 2.99. The first-order valence-corrected chi connectivity index (χ1v) is 6.67. The number of thiophene rings is 1. The van der Waals surface area contributed by atoms with Crippen molar-refractivity contribution in [3.05, 3.63) is 22.4 Å². The highest BCUT2D eigenvalue weighted by Crippen LogP contribution is 2.20. The zero-order valence-electron chi connectivity index (χ0n) is 9.59. The molecule has 2 rings (SSSR count). The van der Waals surface area contributed by atoms with Gasteiger partial charge >= 0.3 is 0 Å². The maximum atomic E-state index is 8.91. The predicted octanol–water partition coefficient (Wildman–Crippen LogP) is 2.81. The molecule has 1 atom stereocenters. The first-order chi connectivity index (χ1) is 7.83. The van der Waals surface area contributed by atoms with Crippen molar-refractivity contribution >= 4 is 17.0 Å². The lowest BCUT2D eigenvalue weighted by atomic mass is 9.93. The second-order valence-corrected chi connectivity index (χ2v) is 5.29. The molecule has 1 aromatic heterocycles. The molecule has 1 N–H and O–H groups in total. The molecule has 0 aliphatic carbocycles. The van der Waals surface area contributed by atoms with E-state index in [1.807, 2.05) is 11.3 Å². The summed E-state index contributed by atoms with van der Waals surface area (Å²) in [7, 11) is 0. The van der Waals surface area contributed by atoms with Crippen LogP contribution in [0.3, 0.4) is 0 Å². The van der Waals surface area contributed by atoms with Gasteiger partial charge in [0.25, 0.3) is 0 Å². The van der Waals surface area contributed by atoms with Gasteiger partial charge in [0.15, 0.2) is 0 Å². The average Bonchev–Trinajstić information content (AvgIpc) is 2.81. The van der Waals surface area contributed by atoms with Crippen LogP contribution >= 0.6 is 11.3 Å². The van der Waals surface area contributed by atoms with Crippen molar-refractivity contribution in [1.82, 2.24) is 4.90 Å². The molecule has 2 heterocycles. The van der Waals surface area contributed by atoms with Crippen molar-refractivity contribution in [1.29, 1.82) is 0 Å². The van der Waals surface area contributed by atoms with Gasteiger partial charge in [0.05, 0.1) is 5.71 Å². The van der Waals surface area contributed by atoms with E-state index in [0.29, 0.717) is 5.92 Å². The fraction of sp³-hybridized carbons (Fsp3) is 0.583. The molecule has 1 unspecified atom stereocenters. The highest BCUT2D eigenvalue weighted by atomic mass is 32.1. The second-order valence-electron chi connectivity index (χ2n) is 4.26. The highest BCUT2D eigenvalue weighted by molar-refractivity contribution is 7.09. The lowest BCUT2D eigenvalue weighted by Crippen LogP contribution is -2.40. The molecule has 1 aliphatic rings. The minimum Gasteiger partial charge on any atom is -0.411 e. The second kappa shape index (κ2) is 5.46. The monoisotopic (exact) mass is 238 g/mol. The topological polar surface area (TPSA) is 35.8 Å². The molecule has 16 heavy (non-hydrogen) atoms. The van der Waals surface area contributed by atoms with Crippen LogP contribution in [0.5, 0.6) is 0 Å². The maximum Gasteiger partial charge on any atom is 0.0627 e. The SMILES string of the molecule is CCC1CN(Cc2cccs2)CC/C1=N\O. The van der Waals surface area contributed by atoms with Gasteiger partial charge < -0.3 is 5.21 Å². The van der Waals surface area contributed by atoms with Gasteiger partial charge in [-0.1, -0.05) is 18.1 Å². The quantitative estimate of drug-likeness (QED) is 0.649. The molecule has 0 aromatic carbocycles. The van der Waals surface area contributed by atoms with E-state index in [9.17, 15) is 0 Å². The Balaban J connectivity index is 1.94. The molecule has 0 spiro atoms. The Morgan fingerprint density at radius 3 is 3.12 bits per heavy atom. The van der Waals surface area contributed by atoms with Crippen molar-refractivity contribution in [3.63, 3.8) is 0 Å². The number of likely N-dealkylation sites (tertiary alicyclic amines) is 1. The van der Waals surface area contributed by atoms with Crippen LogP contribution < -0.4 is 0 Å². The summed E-state index contributed by atoms with van der Waals surface area (Å²) >= 11 is 1.81. The van der Waals surface area contributed by atoms with Gasteiger partial charge in [0, 0.05) is 36.9 Å². The van der Waals surface area contributed by atoms with E-state index in [0.717, 1.165) is 38.2 Å². The Kier molecular flexibility index (Phi) is 3.96. The summed E-state index contributed by atoms with van der Waals surface area (Å²) in [6, 6.07) is 4.28. The average molecular weight is 238 g/mol. The Hall–Kier alpha value is -0.870. The third-order valence-electron chi connectivity index (χ3n) is 3.21. The number of nitrogens with zero attached hydrogens (tertiary/aromatic N) is 2. The zero-order chi connectivity index (χ0) is 11.4. The predicted molar refractivity (Wildman–Crippen MR) is 67.2 cm³/mol. The summed E-state index contributed by atoms with van der Waals surface area (Å²) < 4.78 is 0. The van der Waals surface area contributed by atoms with Crippen LogP contribution in [0.4, 0.5) is 0 Å². The summed E-state index contributed by atoms with van der Waals surface area (Å²) in [5.74, 6) is 0.429. The van der Waals surface area contributed by atoms with Crippen LogP contribution in [0.25, 0.3) is 0 Å². The molecular weight excluding hydrogens is 220 g/mol. The van der Waals surface area contributed by atoms with Crippen molar-refractivity contribution in [3.8, 4) is 0 Å². The summed E-state index contributed by atoms with van der Waals surface area (Å²) in [6.07, 6.45) is 1.96. The van der Waals surface area contributed by atoms with Crippen molar-refractivity contribution in [2.24, 2.45) is 11.1 Å². The van der Waals surface area contributed by atoms with Gasteiger partial charge in [-0.3, -0.25) is 4.90 Å². The van der Waals surface area contributed by atoms with Crippen LogP contribution in [0.1, 0.15) is 24.6 Å². The van der Waals surface area contributed by atoms with E-state index in [4.69, 9.17) is 5.21 Å². The molecular formula is C12H18N2OS. The number of hydrogen-bond donors (Lipinski definition) is 1. The van der Waals surface area contributed by atoms with Gasteiger partial charge in [0.2, 0.25) is 0 Å². The van der Waals surface area contributed by atoms with Crippen molar-refractivity contribution < 1.29 is 5.21 Å². The maximum absolute atomic E-state index is 8.91. The Bertz CT molecular complexity index is 348. The van der Waals surface area contributed by atoms with Crippen molar-refractivity contribution in [2.45, 2.75) is 26.3 Å². The molecule has 0 amide bonds. The number of piperidine rings is 1. The van der Waals surface area contributed by atoms with E-state index >= 15 is 0 Å². The molecule has 1 aliphatic heterocycles. The normalized spacial score (nSPS) is 25.1. The van der Waals surface area contributed by atoms with Gasteiger partial charge in [-0.15, -0.1) is 11.3 Å². The van der Waals surface area contributed by atoms with E-state index < -0.39 is 0 Å². The van der Waals surface area contributed by atoms with Crippen LogP contribution in [0, 0.1) is 5.92 Å². The lowest BCUT2D eigenvalue weighted by molar-refractivity contribution is 0.222. The molecule has 3 nitrogen and oxygen atoms in total. The van der Waals surface area contributed by atoms with Gasteiger partial charge in [-0.05, 0) is 17.9 Å². The van der Waals surface area contributed by atoms with Gasteiger partial charge in [-0.2, -0.15) is 0 Å². The first-order valence-electron chi connectivity index (χ1n) is 5.79. The minimum atomic E-state index is 0.429. The molecule has 0 bridgehead atoms. The standard InChI is InChI=1S/C12H18N2OS/c1-2-10-8-14(6-5-12(10)13-15)9-11-4-3-7-16-11/h3-4,7,10,15H,2,5-6,8-9H2,1H3/b13-12+. The lowest BCUT2D eigenvalue weighted by Gasteiger charge is -2.32. The summed E-state index contributed by atoms with van der Waals surface area (Å²) in [5.41, 5.74) is 0.977. The third kappa shape index (κ3) is 2.62. The van der Waals surface area contributed by atoms with Gasteiger partial charge in [-0.25, -0.2) is 0 Å². The first kappa shape index (κ1) is 11.6. The zero-order valence-corrected chi connectivity index (χ0v) is 10.4. The molecule has 1 saturated heterocycles. The third-order valence-corrected chi connectivity index (χ3v) is 4.08. The van der Waals surface area contributed by atoms with Crippen LogP contribution in [-0.4, -0.2) is 28.9 Å². The number of hydrogen-bond acceptors (Lipinski definition) is 4. The number of oxime groups is 1. The Morgan fingerprint density at radius 1 is 1.62 bits per heavy atom. The Morgan fingerprint density at radius 2 is 2.50 bits per heavy atom. The molecule has 0 saturated carbocycles. The molecule has 88 valence electrons. The van der Waals surface area contributed by atoms with Crippen LogP contribution in [-0.2, 0) is 6.54 Å². The van der Waals surface area contributed by atoms with E-state index in [1.165, 1.54) is 4.88 Å². The number of rotatable bonds is 3. The smallest absolute Gasteiger partial charge is 0.0627 e. The van der Waals surface area contributed by atoms with Gasteiger partial charge in [0.1, 0.15) is 0 Å². The van der Waals surface area contributed by atoms with E-state index in [1.54, 1.807) is 0 Å². The molecule has 4 heteroatoms. The fourth-order valence-electron chi connectivity index (χ4n) is 2.25. The van der Waals surface area contributed by atoms with E-state index in [-0.39, 0.29) is 0 Å².